The van der Waals surface area contributed by atoms with Crippen LogP contribution in [0.15, 0.2) is 18.3 Å². The van der Waals surface area contributed by atoms with Crippen molar-refractivity contribution in [3.05, 3.63) is 24.0 Å². The molecule has 4 heteroatoms. The highest BCUT2D eigenvalue weighted by atomic mass is 16.2. The second-order valence-electron chi connectivity index (χ2n) is 4.85. The van der Waals surface area contributed by atoms with Gasteiger partial charge in [0.2, 0.25) is 5.91 Å². The molecule has 1 amide bonds. The van der Waals surface area contributed by atoms with Gasteiger partial charge in [-0.05, 0) is 31.9 Å². The number of nitrogens with zero attached hydrogens (tertiary/aromatic N) is 2. The molecule has 1 saturated carbocycles. The topological polar surface area (TPSA) is 65.8 Å². The van der Waals surface area contributed by atoms with Crippen molar-refractivity contribution in [2.24, 2.45) is 5.41 Å². The number of nitriles is 1. The van der Waals surface area contributed by atoms with Crippen LogP contribution in [0.25, 0.3) is 0 Å². The molecule has 0 aliphatic heterocycles. The van der Waals surface area contributed by atoms with E-state index in [1.165, 1.54) is 0 Å². The largest absolute Gasteiger partial charge is 0.323 e. The second kappa shape index (κ2) is 5.18. The van der Waals surface area contributed by atoms with Crippen LogP contribution in [0.3, 0.4) is 0 Å². The van der Waals surface area contributed by atoms with Crippen molar-refractivity contribution in [2.75, 3.05) is 5.32 Å². The van der Waals surface area contributed by atoms with Crippen molar-refractivity contribution >= 4 is 11.6 Å². The molecule has 94 valence electrons. The number of anilines is 1. The molecule has 1 aliphatic carbocycles. The van der Waals surface area contributed by atoms with Gasteiger partial charge in [-0.1, -0.05) is 19.3 Å². The number of hydrogen-bond acceptors (Lipinski definition) is 3. The molecule has 0 radical (unpaired) electrons. The van der Waals surface area contributed by atoms with Crippen LogP contribution in [-0.2, 0) is 4.79 Å². The summed E-state index contributed by atoms with van der Waals surface area (Å²) in [6, 6.07) is 5.82. The zero-order valence-electron chi connectivity index (χ0n) is 10.6. The van der Waals surface area contributed by atoms with Crippen LogP contribution in [0, 0.1) is 23.7 Å². The van der Waals surface area contributed by atoms with Gasteiger partial charge in [-0.2, -0.15) is 5.26 Å². The van der Waals surface area contributed by atoms with Crippen molar-refractivity contribution in [3.8, 4) is 6.07 Å². The molecule has 18 heavy (non-hydrogen) atoms. The van der Waals surface area contributed by atoms with E-state index in [2.05, 4.69) is 16.4 Å². The van der Waals surface area contributed by atoms with E-state index in [0.29, 0.717) is 18.5 Å². The molecule has 0 bridgehead atoms. The number of carbonyl (C=O) groups is 1. The number of pyridine rings is 1. The molecule has 0 spiro atoms. The first-order valence-corrected chi connectivity index (χ1v) is 6.32. The number of aromatic nitrogens is 1. The average molecular weight is 243 g/mol. The molecule has 0 saturated heterocycles. The molecule has 0 aromatic carbocycles. The summed E-state index contributed by atoms with van der Waals surface area (Å²) in [5, 5.41) is 12.2. The zero-order chi connectivity index (χ0) is 13.0. The Balaban J connectivity index is 2.16. The van der Waals surface area contributed by atoms with Gasteiger partial charge in [0, 0.05) is 6.20 Å². The minimum atomic E-state index is -0.847. The lowest BCUT2D eigenvalue weighted by molar-refractivity contribution is -0.124. The minimum Gasteiger partial charge on any atom is -0.323 e. The van der Waals surface area contributed by atoms with Crippen LogP contribution in [-0.4, -0.2) is 10.9 Å². The van der Waals surface area contributed by atoms with Crippen LogP contribution in [0.1, 0.15) is 37.8 Å². The number of hydrogen-bond donors (Lipinski definition) is 1. The van der Waals surface area contributed by atoms with E-state index < -0.39 is 5.41 Å². The van der Waals surface area contributed by atoms with Gasteiger partial charge in [0.05, 0.1) is 17.5 Å². The third-order valence-electron chi connectivity index (χ3n) is 3.61. The molecule has 4 nitrogen and oxygen atoms in total. The molecular formula is C14H17N3O. The molecule has 1 aliphatic rings. The summed E-state index contributed by atoms with van der Waals surface area (Å²) >= 11 is 0. The third-order valence-corrected chi connectivity index (χ3v) is 3.61. The van der Waals surface area contributed by atoms with Gasteiger partial charge >= 0.3 is 0 Å². The highest BCUT2D eigenvalue weighted by molar-refractivity contribution is 5.97. The Hall–Kier alpha value is -1.89. The molecule has 2 rings (SSSR count). The molecular weight excluding hydrogens is 226 g/mol. The maximum absolute atomic E-state index is 12.3. The van der Waals surface area contributed by atoms with Gasteiger partial charge in [-0.15, -0.1) is 0 Å². The summed E-state index contributed by atoms with van der Waals surface area (Å²) in [5.41, 5.74) is 0.623. The third kappa shape index (κ3) is 2.35. The van der Waals surface area contributed by atoms with E-state index in [1.54, 1.807) is 12.3 Å². The van der Waals surface area contributed by atoms with Gasteiger partial charge < -0.3 is 5.32 Å². The Morgan fingerprint density at radius 2 is 2.17 bits per heavy atom. The predicted molar refractivity (Wildman–Crippen MR) is 68.7 cm³/mol. The van der Waals surface area contributed by atoms with Gasteiger partial charge in [0.1, 0.15) is 5.41 Å². The van der Waals surface area contributed by atoms with E-state index in [-0.39, 0.29) is 5.91 Å². The van der Waals surface area contributed by atoms with Crippen LogP contribution < -0.4 is 5.32 Å². The SMILES string of the molecule is Cc1ncccc1NC(=O)C1(C#N)CCCCC1. The summed E-state index contributed by atoms with van der Waals surface area (Å²) in [6.07, 6.45) is 6.03. The molecule has 1 fully saturated rings. The molecule has 1 N–H and O–H groups in total. The van der Waals surface area contributed by atoms with E-state index in [0.717, 1.165) is 25.0 Å². The molecule has 1 aromatic heterocycles. The number of carbonyl (C=O) groups excluding carboxylic acids is 1. The van der Waals surface area contributed by atoms with Crippen molar-refractivity contribution in [3.63, 3.8) is 0 Å². The molecule has 0 atom stereocenters. The Morgan fingerprint density at radius 1 is 1.44 bits per heavy atom. The first-order chi connectivity index (χ1) is 8.68. The summed E-state index contributed by atoms with van der Waals surface area (Å²) < 4.78 is 0. The maximum atomic E-state index is 12.3. The maximum Gasteiger partial charge on any atom is 0.244 e. The fourth-order valence-corrected chi connectivity index (χ4v) is 2.40. The molecule has 1 aromatic rings. The first-order valence-electron chi connectivity index (χ1n) is 6.32. The van der Waals surface area contributed by atoms with E-state index in [9.17, 15) is 10.1 Å². The molecule has 0 unspecified atom stereocenters. The zero-order valence-corrected chi connectivity index (χ0v) is 10.6. The van der Waals surface area contributed by atoms with E-state index >= 15 is 0 Å². The van der Waals surface area contributed by atoms with Gasteiger partial charge in [0.15, 0.2) is 0 Å². The standard InChI is InChI=1S/C14H17N3O/c1-11-12(6-5-9-16-11)17-13(18)14(10-15)7-3-2-4-8-14/h5-6,9H,2-4,7-8H2,1H3,(H,17,18). The lowest BCUT2D eigenvalue weighted by Crippen LogP contribution is -2.37. The fourth-order valence-electron chi connectivity index (χ4n) is 2.40. The number of nitrogens with one attached hydrogen (secondary N) is 1. The lowest BCUT2D eigenvalue weighted by Gasteiger charge is -2.29. The highest BCUT2D eigenvalue weighted by Crippen LogP contribution is 2.36. The average Bonchev–Trinajstić information content (AvgIpc) is 2.42. The van der Waals surface area contributed by atoms with Crippen LogP contribution in [0.5, 0.6) is 0 Å². The summed E-state index contributed by atoms with van der Waals surface area (Å²) in [4.78, 5) is 16.4. The smallest absolute Gasteiger partial charge is 0.244 e. The van der Waals surface area contributed by atoms with Crippen LogP contribution in [0.2, 0.25) is 0 Å². The fraction of sp³-hybridized carbons (Fsp3) is 0.500. The van der Waals surface area contributed by atoms with E-state index in [1.807, 2.05) is 13.0 Å². The Kier molecular flexibility index (Phi) is 3.61. The monoisotopic (exact) mass is 243 g/mol. The van der Waals surface area contributed by atoms with Crippen LogP contribution in [0.4, 0.5) is 5.69 Å². The second-order valence-corrected chi connectivity index (χ2v) is 4.85. The highest BCUT2D eigenvalue weighted by Gasteiger charge is 2.39. The van der Waals surface area contributed by atoms with Gasteiger partial charge in [0.25, 0.3) is 0 Å². The normalized spacial score (nSPS) is 17.8. The van der Waals surface area contributed by atoms with Crippen molar-refractivity contribution < 1.29 is 4.79 Å². The minimum absolute atomic E-state index is 0.180. The quantitative estimate of drug-likeness (QED) is 0.868. The first kappa shape index (κ1) is 12.6. The van der Waals surface area contributed by atoms with Crippen molar-refractivity contribution in [1.82, 2.24) is 4.98 Å². The number of amides is 1. The van der Waals surface area contributed by atoms with Gasteiger partial charge in [-0.3, -0.25) is 9.78 Å². The molecule has 1 heterocycles. The summed E-state index contributed by atoms with van der Waals surface area (Å²) in [7, 11) is 0. The summed E-state index contributed by atoms with van der Waals surface area (Å²) in [6.45, 7) is 1.84. The van der Waals surface area contributed by atoms with Crippen molar-refractivity contribution in [1.29, 1.82) is 5.26 Å². The Labute approximate surface area is 107 Å². The lowest BCUT2D eigenvalue weighted by atomic mass is 9.74. The number of rotatable bonds is 2. The van der Waals surface area contributed by atoms with Crippen LogP contribution >= 0.6 is 0 Å². The van der Waals surface area contributed by atoms with Crippen molar-refractivity contribution in [2.45, 2.75) is 39.0 Å². The predicted octanol–water partition coefficient (Wildman–Crippen LogP) is 2.80. The van der Waals surface area contributed by atoms with E-state index in [4.69, 9.17) is 0 Å². The number of aryl methyl sites for hydroxylation is 1. The Bertz CT molecular complexity index is 484. The van der Waals surface area contributed by atoms with Gasteiger partial charge in [-0.25, -0.2) is 0 Å². The Morgan fingerprint density at radius 3 is 2.78 bits per heavy atom. The summed E-state index contributed by atoms with van der Waals surface area (Å²) in [5.74, 6) is -0.180.